The monoisotopic (exact) mass is 306 g/mol. The summed E-state index contributed by atoms with van der Waals surface area (Å²) in [7, 11) is 2.09. The van der Waals surface area contributed by atoms with E-state index in [1.165, 1.54) is 5.56 Å². The standard InChI is InChI=1S/C18H18N4O/c1-21(10-13-5-3-2-4-6-13)15-7-8-16-14(9-15)11-22-12-17(23)20-18(22)19-16/h2-9H,10-12H2,1H3,(H,19,20,23). The molecule has 5 nitrogen and oxygen atoms in total. The summed E-state index contributed by atoms with van der Waals surface area (Å²) in [5.41, 5.74) is 4.53. The second-order valence-electron chi connectivity index (χ2n) is 5.99. The summed E-state index contributed by atoms with van der Waals surface area (Å²) in [6, 6.07) is 16.7. The quantitative estimate of drug-likeness (QED) is 0.946. The van der Waals surface area contributed by atoms with Crippen molar-refractivity contribution in [2.24, 2.45) is 4.99 Å². The molecule has 1 fully saturated rings. The van der Waals surface area contributed by atoms with E-state index in [2.05, 4.69) is 58.7 Å². The van der Waals surface area contributed by atoms with Gasteiger partial charge in [0.05, 0.1) is 5.69 Å². The summed E-state index contributed by atoms with van der Waals surface area (Å²) >= 11 is 0. The van der Waals surface area contributed by atoms with E-state index in [0.29, 0.717) is 12.5 Å². The van der Waals surface area contributed by atoms with Crippen LogP contribution in [0.4, 0.5) is 11.4 Å². The van der Waals surface area contributed by atoms with Crippen molar-refractivity contribution in [3.63, 3.8) is 0 Å². The van der Waals surface area contributed by atoms with Crippen molar-refractivity contribution in [3.05, 3.63) is 59.7 Å². The van der Waals surface area contributed by atoms with Crippen molar-refractivity contribution in [3.8, 4) is 0 Å². The molecule has 0 saturated carbocycles. The van der Waals surface area contributed by atoms with Crippen LogP contribution in [0.25, 0.3) is 0 Å². The van der Waals surface area contributed by atoms with Crippen LogP contribution in [0.2, 0.25) is 0 Å². The summed E-state index contributed by atoms with van der Waals surface area (Å²) in [6.45, 7) is 1.97. The van der Waals surface area contributed by atoms with Gasteiger partial charge in [0, 0.05) is 25.8 Å². The molecular formula is C18H18N4O. The van der Waals surface area contributed by atoms with E-state index < -0.39 is 0 Å². The Balaban J connectivity index is 1.57. The third-order valence-electron chi connectivity index (χ3n) is 4.24. The summed E-state index contributed by atoms with van der Waals surface area (Å²) in [4.78, 5) is 20.2. The number of guanidine groups is 1. The first-order chi connectivity index (χ1) is 11.2. The lowest BCUT2D eigenvalue weighted by Crippen LogP contribution is -2.32. The number of fused-ring (bicyclic) bond motifs is 2. The summed E-state index contributed by atoms with van der Waals surface area (Å²) < 4.78 is 0. The third-order valence-corrected chi connectivity index (χ3v) is 4.24. The molecule has 2 aliphatic heterocycles. The van der Waals surface area contributed by atoms with Crippen LogP contribution in [0.5, 0.6) is 0 Å². The van der Waals surface area contributed by atoms with E-state index in [-0.39, 0.29) is 5.91 Å². The Morgan fingerprint density at radius 1 is 1.17 bits per heavy atom. The molecular weight excluding hydrogens is 288 g/mol. The lowest BCUT2D eigenvalue weighted by atomic mass is 10.1. The Morgan fingerprint density at radius 2 is 2.00 bits per heavy atom. The highest BCUT2D eigenvalue weighted by Crippen LogP contribution is 2.30. The zero-order valence-electron chi connectivity index (χ0n) is 13.0. The number of amides is 1. The molecule has 2 aliphatic rings. The molecule has 0 atom stereocenters. The summed E-state index contributed by atoms with van der Waals surface area (Å²) in [5.74, 6) is 0.686. The number of hydrogen-bond donors (Lipinski definition) is 1. The van der Waals surface area contributed by atoms with Crippen LogP contribution in [0.1, 0.15) is 11.1 Å². The maximum absolute atomic E-state index is 11.5. The highest BCUT2D eigenvalue weighted by Gasteiger charge is 2.29. The molecule has 5 heteroatoms. The van der Waals surface area contributed by atoms with Crippen LogP contribution < -0.4 is 10.2 Å². The van der Waals surface area contributed by atoms with E-state index in [1.807, 2.05) is 17.0 Å². The van der Waals surface area contributed by atoms with Gasteiger partial charge < -0.3 is 9.80 Å². The van der Waals surface area contributed by atoms with Crippen molar-refractivity contribution in [1.82, 2.24) is 10.2 Å². The number of anilines is 1. The van der Waals surface area contributed by atoms with Crippen LogP contribution in [-0.2, 0) is 17.9 Å². The van der Waals surface area contributed by atoms with Gasteiger partial charge in [0.2, 0.25) is 11.9 Å². The van der Waals surface area contributed by atoms with Crippen molar-refractivity contribution in [2.45, 2.75) is 13.1 Å². The van der Waals surface area contributed by atoms with Gasteiger partial charge in [-0.3, -0.25) is 10.1 Å². The van der Waals surface area contributed by atoms with E-state index >= 15 is 0 Å². The van der Waals surface area contributed by atoms with Crippen LogP contribution in [-0.4, -0.2) is 30.4 Å². The van der Waals surface area contributed by atoms with Gasteiger partial charge >= 0.3 is 0 Å². The first-order valence-corrected chi connectivity index (χ1v) is 7.70. The van der Waals surface area contributed by atoms with Gasteiger partial charge in [-0.2, -0.15) is 0 Å². The van der Waals surface area contributed by atoms with Gasteiger partial charge in [-0.15, -0.1) is 0 Å². The number of hydrogen-bond acceptors (Lipinski definition) is 4. The fourth-order valence-electron chi connectivity index (χ4n) is 3.03. The Bertz CT molecular complexity index is 785. The average molecular weight is 306 g/mol. The molecule has 23 heavy (non-hydrogen) atoms. The number of benzene rings is 2. The van der Waals surface area contributed by atoms with Crippen molar-refractivity contribution in [1.29, 1.82) is 0 Å². The minimum Gasteiger partial charge on any atom is -0.370 e. The number of nitrogens with zero attached hydrogens (tertiary/aromatic N) is 3. The number of carbonyl (C=O) groups is 1. The van der Waals surface area contributed by atoms with Gasteiger partial charge in [-0.1, -0.05) is 30.3 Å². The number of carbonyl (C=O) groups excluding carboxylic acids is 1. The SMILES string of the molecule is CN(Cc1ccccc1)c1ccc2c(c1)CN1CC(=O)NC1=N2. The highest BCUT2D eigenvalue weighted by molar-refractivity contribution is 6.05. The smallest absolute Gasteiger partial charge is 0.246 e. The normalized spacial score (nSPS) is 15.6. The first kappa shape index (κ1) is 13.8. The van der Waals surface area contributed by atoms with Crippen LogP contribution in [0.15, 0.2) is 53.5 Å². The molecule has 116 valence electrons. The Hall–Kier alpha value is -2.82. The molecule has 1 saturated heterocycles. The molecule has 0 bridgehead atoms. The predicted octanol–water partition coefficient (Wildman–Crippen LogP) is 2.26. The van der Waals surface area contributed by atoms with Gasteiger partial charge in [-0.05, 0) is 29.3 Å². The second kappa shape index (κ2) is 5.43. The summed E-state index contributed by atoms with van der Waals surface area (Å²) in [6.07, 6.45) is 0. The molecule has 1 N–H and O–H groups in total. The molecule has 1 amide bonds. The van der Waals surface area contributed by atoms with Gasteiger partial charge in [0.1, 0.15) is 6.54 Å². The molecule has 0 aliphatic carbocycles. The number of aliphatic imine (C=N–C) groups is 1. The van der Waals surface area contributed by atoms with Crippen molar-refractivity contribution < 1.29 is 4.79 Å². The zero-order chi connectivity index (χ0) is 15.8. The molecule has 4 rings (SSSR count). The number of nitrogens with one attached hydrogen (secondary N) is 1. The van der Waals surface area contributed by atoms with Crippen LogP contribution in [0, 0.1) is 0 Å². The average Bonchev–Trinajstić information content (AvgIpc) is 2.91. The Morgan fingerprint density at radius 3 is 2.83 bits per heavy atom. The maximum Gasteiger partial charge on any atom is 0.246 e. The molecule has 2 aromatic carbocycles. The topological polar surface area (TPSA) is 47.9 Å². The van der Waals surface area contributed by atoms with E-state index in [0.717, 1.165) is 30.0 Å². The number of rotatable bonds is 3. The molecule has 0 spiro atoms. The second-order valence-corrected chi connectivity index (χ2v) is 5.99. The van der Waals surface area contributed by atoms with E-state index in [1.54, 1.807) is 0 Å². The van der Waals surface area contributed by atoms with Crippen LogP contribution >= 0.6 is 0 Å². The largest absolute Gasteiger partial charge is 0.370 e. The predicted molar refractivity (Wildman–Crippen MR) is 90.6 cm³/mol. The van der Waals surface area contributed by atoms with Crippen molar-refractivity contribution >= 4 is 23.2 Å². The van der Waals surface area contributed by atoms with Gasteiger partial charge in [0.15, 0.2) is 0 Å². The molecule has 0 aromatic heterocycles. The first-order valence-electron chi connectivity index (χ1n) is 7.70. The van der Waals surface area contributed by atoms with Crippen molar-refractivity contribution in [2.75, 3.05) is 18.5 Å². The third kappa shape index (κ3) is 2.65. The Kier molecular flexibility index (Phi) is 3.26. The fourth-order valence-corrected chi connectivity index (χ4v) is 3.03. The lowest BCUT2D eigenvalue weighted by Gasteiger charge is -2.25. The Labute approximate surface area is 135 Å². The fraction of sp³-hybridized carbons (Fsp3) is 0.222. The van der Waals surface area contributed by atoms with Gasteiger partial charge in [-0.25, -0.2) is 4.99 Å². The highest BCUT2D eigenvalue weighted by atomic mass is 16.2. The van der Waals surface area contributed by atoms with E-state index in [9.17, 15) is 4.79 Å². The molecule has 0 radical (unpaired) electrons. The zero-order valence-corrected chi connectivity index (χ0v) is 13.0. The molecule has 2 aromatic rings. The molecule has 2 heterocycles. The summed E-state index contributed by atoms with van der Waals surface area (Å²) in [5, 5.41) is 2.79. The lowest BCUT2D eigenvalue weighted by molar-refractivity contribution is -0.118. The van der Waals surface area contributed by atoms with Crippen LogP contribution in [0.3, 0.4) is 0 Å². The minimum atomic E-state index is 0.0120. The maximum atomic E-state index is 11.5. The van der Waals surface area contributed by atoms with Gasteiger partial charge in [0.25, 0.3) is 0 Å². The minimum absolute atomic E-state index is 0.0120. The molecule has 0 unspecified atom stereocenters. The van der Waals surface area contributed by atoms with E-state index in [4.69, 9.17) is 0 Å².